The molecular weight excluding hydrogens is 367 g/mol. The predicted molar refractivity (Wildman–Crippen MR) is 104 cm³/mol. The van der Waals surface area contributed by atoms with Crippen molar-refractivity contribution in [3.05, 3.63) is 66.4 Å². The number of carbonyl (C=O) groups excluding carboxylic acids is 1. The fourth-order valence-electron chi connectivity index (χ4n) is 2.29. The topological polar surface area (TPSA) is 108 Å². The Hall–Kier alpha value is -3.09. The summed E-state index contributed by atoms with van der Waals surface area (Å²) in [6.07, 6.45) is 1.63. The molecule has 3 N–H and O–H groups in total. The third-order valence-electron chi connectivity index (χ3n) is 3.58. The highest BCUT2D eigenvalue weighted by molar-refractivity contribution is 7.33. The second kappa shape index (κ2) is 8.53. The first-order valence-corrected chi connectivity index (χ1v) is 9.46. The molecular formula is C18H19N4O4P. The Balaban J connectivity index is 1.69. The van der Waals surface area contributed by atoms with E-state index in [1.54, 1.807) is 42.1 Å². The monoisotopic (exact) mass is 386 g/mol. The van der Waals surface area contributed by atoms with Crippen LogP contribution in [-0.2, 0) is 9.09 Å². The van der Waals surface area contributed by atoms with Gasteiger partial charge in [0, 0.05) is 5.56 Å². The van der Waals surface area contributed by atoms with Gasteiger partial charge in [-0.25, -0.2) is 9.25 Å². The van der Waals surface area contributed by atoms with E-state index in [0.29, 0.717) is 23.6 Å². The number of amides is 1. The van der Waals surface area contributed by atoms with Crippen LogP contribution in [0.1, 0.15) is 17.3 Å². The summed E-state index contributed by atoms with van der Waals surface area (Å²) < 4.78 is 23.1. The Kier molecular flexibility index (Phi) is 5.90. The molecule has 2 aromatic carbocycles. The molecule has 9 heteroatoms. The second-order valence-corrected chi connectivity index (χ2v) is 6.47. The first kappa shape index (κ1) is 18.7. The number of anilines is 2. The molecule has 1 amide bonds. The van der Waals surface area contributed by atoms with E-state index >= 15 is 0 Å². The summed E-state index contributed by atoms with van der Waals surface area (Å²) in [7, 11) is -2.58. The van der Waals surface area contributed by atoms with Gasteiger partial charge in [-0.15, -0.1) is 5.10 Å². The highest BCUT2D eigenvalue weighted by Gasteiger charge is 2.13. The Bertz CT molecular complexity index is 942. The fraction of sp³-hybridized carbons (Fsp3) is 0.111. The van der Waals surface area contributed by atoms with Crippen molar-refractivity contribution in [2.24, 2.45) is 0 Å². The number of para-hydroxylation sites is 1. The van der Waals surface area contributed by atoms with Crippen LogP contribution in [0.2, 0.25) is 0 Å². The molecule has 0 aliphatic carbocycles. The van der Waals surface area contributed by atoms with E-state index in [1.165, 1.54) is 0 Å². The largest absolute Gasteiger partial charge is 0.426 e. The number of aromatic nitrogens is 2. The summed E-state index contributed by atoms with van der Waals surface area (Å²) in [4.78, 5) is 12.4. The molecule has 27 heavy (non-hydrogen) atoms. The van der Waals surface area contributed by atoms with Crippen molar-refractivity contribution in [2.75, 3.05) is 17.7 Å². The zero-order valence-electron chi connectivity index (χ0n) is 14.6. The summed E-state index contributed by atoms with van der Waals surface area (Å²) >= 11 is 0. The fourth-order valence-corrected chi connectivity index (χ4v) is 2.92. The zero-order chi connectivity index (χ0) is 19.2. The number of carbonyl (C=O) groups is 1. The highest BCUT2D eigenvalue weighted by atomic mass is 31.1. The molecule has 3 aromatic rings. The summed E-state index contributed by atoms with van der Waals surface area (Å²) in [5.41, 5.74) is 7.51. The number of nitrogens with zero attached hydrogens (tertiary/aromatic N) is 2. The van der Waals surface area contributed by atoms with E-state index < -0.39 is 8.25 Å². The van der Waals surface area contributed by atoms with Gasteiger partial charge in [-0.05, 0) is 43.3 Å². The van der Waals surface area contributed by atoms with Crippen LogP contribution in [0.25, 0.3) is 5.69 Å². The average molecular weight is 386 g/mol. The van der Waals surface area contributed by atoms with Crippen LogP contribution in [0.3, 0.4) is 0 Å². The zero-order valence-corrected chi connectivity index (χ0v) is 15.6. The van der Waals surface area contributed by atoms with E-state index in [1.807, 2.05) is 30.3 Å². The SMILES string of the molecule is CCO[PH](=O)Oc1ccc(C(=O)Nc2nn(-c3ccccc3)cc2N)cc1. The lowest BCUT2D eigenvalue weighted by atomic mass is 10.2. The lowest BCUT2D eigenvalue weighted by Crippen LogP contribution is -2.13. The van der Waals surface area contributed by atoms with Crippen LogP contribution < -0.4 is 15.6 Å². The maximum atomic E-state index is 12.4. The molecule has 0 saturated carbocycles. The van der Waals surface area contributed by atoms with Crippen molar-refractivity contribution in [3.8, 4) is 11.4 Å². The van der Waals surface area contributed by atoms with Crippen LogP contribution in [0, 0.1) is 0 Å². The Morgan fingerprint density at radius 1 is 1.19 bits per heavy atom. The standard InChI is InChI=1S/C18H19N4O4P/c1-2-25-27(24)26-15-10-8-13(9-11-15)18(23)20-17-16(19)12-22(21-17)14-6-4-3-5-7-14/h3-12,27H,2,19H2,1H3,(H,20,21,23). The van der Waals surface area contributed by atoms with E-state index in [-0.39, 0.29) is 11.7 Å². The molecule has 8 nitrogen and oxygen atoms in total. The van der Waals surface area contributed by atoms with Crippen molar-refractivity contribution in [2.45, 2.75) is 6.92 Å². The van der Waals surface area contributed by atoms with Gasteiger partial charge in [-0.1, -0.05) is 18.2 Å². The van der Waals surface area contributed by atoms with Gasteiger partial charge in [0.2, 0.25) is 0 Å². The first-order valence-electron chi connectivity index (χ1n) is 8.23. The maximum absolute atomic E-state index is 12.4. The minimum Gasteiger partial charge on any atom is -0.426 e. The van der Waals surface area contributed by atoms with Crippen molar-refractivity contribution < 1.29 is 18.4 Å². The number of nitrogens with one attached hydrogen (secondary N) is 1. The van der Waals surface area contributed by atoms with Gasteiger partial charge in [0.25, 0.3) is 5.91 Å². The van der Waals surface area contributed by atoms with Gasteiger partial charge >= 0.3 is 8.25 Å². The minimum absolute atomic E-state index is 0.269. The van der Waals surface area contributed by atoms with Crippen LogP contribution in [0.5, 0.6) is 5.75 Å². The Morgan fingerprint density at radius 2 is 1.89 bits per heavy atom. The summed E-state index contributed by atoms with van der Waals surface area (Å²) in [5.74, 6) is 0.256. The van der Waals surface area contributed by atoms with Gasteiger partial charge in [0.05, 0.1) is 24.2 Å². The van der Waals surface area contributed by atoms with Gasteiger partial charge in [0.15, 0.2) is 5.82 Å². The molecule has 0 spiro atoms. The molecule has 3 rings (SSSR count). The third-order valence-corrected chi connectivity index (χ3v) is 4.50. The predicted octanol–water partition coefficient (Wildman–Crippen LogP) is 3.51. The van der Waals surface area contributed by atoms with Crippen molar-refractivity contribution >= 4 is 25.7 Å². The molecule has 1 atom stereocenters. The molecule has 1 aromatic heterocycles. The Labute approximate surface area is 156 Å². The number of rotatable bonds is 7. The number of nitrogens with two attached hydrogens (primary N) is 1. The number of hydrogen-bond donors (Lipinski definition) is 2. The lowest BCUT2D eigenvalue weighted by Gasteiger charge is -2.07. The van der Waals surface area contributed by atoms with E-state index in [0.717, 1.165) is 5.69 Å². The van der Waals surface area contributed by atoms with Gasteiger partial charge in [-0.2, -0.15) is 0 Å². The maximum Gasteiger partial charge on any atom is 0.367 e. The molecule has 0 radical (unpaired) electrons. The van der Waals surface area contributed by atoms with E-state index in [2.05, 4.69) is 10.4 Å². The lowest BCUT2D eigenvalue weighted by molar-refractivity contribution is 0.102. The van der Waals surface area contributed by atoms with Crippen LogP contribution in [-0.4, -0.2) is 22.3 Å². The van der Waals surface area contributed by atoms with Crippen LogP contribution >= 0.6 is 8.25 Å². The van der Waals surface area contributed by atoms with Crippen molar-refractivity contribution in [1.29, 1.82) is 0 Å². The van der Waals surface area contributed by atoms with E-state index in [9.17, 15) is 9.36 Å². The summed E-state index contributed by atoms with van der Waals surface area (Å²) in [5, 5.41) is 6.98. The van der Waals surface area contributed by atoms with Crippen LogP contribution in [0.4, 0.5) is 11.5 Å². The van der Waals surface area contributed by atoms with Gasteiger partial charge in [-0.3, -0.25) is 4.79 Å². The molecule has 0 fully saturated rings. The number of hydrogen-bond acceptors (Lipinski definition) is 6. The van der Waals surface area contributed by atoms with Crippen molar-refractivity contribution in [3.63, 3.8) is 0 Å². The van der Waals surface area contributed by atoms with Gasteiger partial charge in [0.1, 0.15) is 5.75 Å². The number of benzene rings is 2. The Morgan fingerprint density at radius 3 is 2.56 bits per heavy atom. The smallest absolute Gasteiger partial charge is 0.367 e. The number of nitrogen functional groups attached to an aromatic ring is 1. The van der Waals surface area contributed by atoms with Gasteiger partial charge < -0.3 is 20.1 Å². The normalized spacial score (nSPS) is 11.7. The summed E-state index contributed by atoms with van der Waals surface area (Å²) in [6.45, 7) is 2.03. The first-order chi connectivity index (χ1) is 13.1. The molecule has 140 valence electrons. The quantitative estimate of drug-likeness (QED) is 0.602. The van der Waals surface area contributed by atoms with Crippen molar-refractivity contribution in [1.82, 2.24) is 9.78 Å². The molecule has 0 bridgehead atoms. The molecule has 0 aliphatic rings. The second-order valence-electron chi connectivity index (χ2n) is 5.48. The third kappa shape index (κ3) is 4.75. The molecule has 1 unspecified atom stereocenters. The minimum atomic E-state index is -2.58. The average Bonchev–Trinajstić information content (AvgIpc) is 3.04. The highest BCUT2D eigenvalue weighted by Crippen LogP contribution is 2.28. The van der Waals surface area contributed by atoms with Crippen LogP contribution in [0.15, 0.2) is 60.8 Å². The van der Waals surface area contributed by atoms with E-state index in [4.69, 9.17) is 14.8 Å². The molecule has 0 saturated heterocycles. The molecule has 1 heterocycles. The summed E-state index contributed by atoms with van der Waals surface area (Å²) in [6, 6.07) is 15.6. The molecule has 0 aliphatic heterocycles.